The van der Waals surface area contributed by atoms with Gasteiger partial charge in [0.15, 0.2) is 0 Å². The van der Waals surface area contributed by atoms with E-state index < -0.39 is 16.8 Å². The molecule has 0 bridgehead atoms. The Morgan fingerprint density at radius 2 is 2.35 bits per heavy atom. The van der Waals surface area contributed by atoms with E-state index in [1.807, 2.05) is 0 Å². The third-order valence-corrected chi connectivity index (χ3v) is 5.21. The average Bonchev–Trinajstić information content (AvgIpc) is 2.54. The summed E-state index contributed by atoms with van der Waals surface area (Å²) in [4.78, 5) is 12.2. The molecule has 1 aromatic rings. The SMILES string of the molecule is O=C([O-])C1(CCCCl)Sc2cc(Cl)ccc2OCC1O. The summed E-state index contributed by atoms with van der Waals surface area (Å²) in [6.07, 6.45) is -0.540. The second-order valence-electron chi connectivity index (χ2n) is 4.49. The summed E-state index contributed by atoms with van der Waals surface area (Å²) in [6.45, 7) is -0.113. The van der Waals surface area contributed by atoms with Gasteiger partial charge in [0.25, 0.3) is 0 Å². The Bertz CT molecular complexity index is 511. The average molecular weight is 336 g/mol. The molecule has 1 aliphatic heterocycles. The molecule has 0 aromatic heterocycles. The molecule has 2 unspecified atom stereocenters. The first-order valence-electron chi connectivity index (χ1n) is 6.06. The minimum absolute atomic E-state index is 0.113. The normalized spacial score (nSPS) is 25.4. The number of hydrogen-bond acceptors (Lipinski definition) is 5. The van der Waals surface area contributed by atoms with E-state index in [2.05, 4.69) is 0 Å². The summed E-state index contributed by atoms with van der Waals surface area (Å²) < 4.78 is 3.97. The highest BCUT2D eigenvalue weighted by Gasteiger charge is 2.43. The van der Waals surface area contributed by atoms with Crippen LogP contribution in [0.5, 0.6) is 5.75 Å². The van der Waals surface area contributed by atoms with Crippen LogP contribution >= 0.6 is 35.0 Å². The van der Waals surface area contributed by atoms with E-state index in [9.17, 15) is 15.0 Å². The summed E-state index contributed by atoms with van der Waals surface area (Å²) in [7, 11) is 0. The molecular formula is C13H13Cl2O4S-. The van der Waals surface area contributed by atoms with E-state index in [0.717, 1.165) is 11.8 Å². The number of thioether (sulfide) groups is 1. The summed E-state index contributed by atoms with van der Waals surface area (Å²) in [5.41, 5.74) is 0. The van der Waals surface area contributed by atoms with Crippen LogP contribution < -0.4 is 9.84 Å². The minimum atomic E-state index is -1.48. The Kier molecular flexibility index (Phi) is 5.07. The molecule has 4 nitrogen and oxygen atoms in total. The van der Waals surface area contributed by atoms with Crippen LogP contribution in [0.25, 0.3) is 0 Å². The molecule has 2 atom stereocenters. The third kappa shape index (κ3) is 3.01. The molecule has 20 heavy (non-hydrogen) atoms. The van der Waals surface area contributed by atoms with Gasteiger partial charge in [0, 0.05) is 10.9 Å². The number of halogens is 2. The summed E-state index contributed by atoms with van der Waals surface area (Å²) in [5, 5.41) is 22.3. The number of carbonyl (C=O) groups is 1. The predicted octanol–water partition coefficient (Wildman–Crippen LogP) is 1.69. The zero-order chi connectivity index (χ0) is 14.8. The first-order chi connectivity index (χ1) is 9.49. The fraction of sp³-hybridized carbons (Fsp3) is 0.462. The van der Waals surface area contributed by atoms with Crippen molar-refractivity contribution in [1.29, 1.82) is 0 Å². The number of ether oxygens (including phenoxy) is 1. The van der Waals surface area contributed by atoms with Gasteiger partial charge in [-0.3, -0.25) is 0 Å². The van der Waals surface area contributed by atoms with Crippen LogP contribution in [0.2, 0.25) is 5.02 Å². The van der Waals surface area contributed by atoms with E-state index in [0.29, 0.717) is 28.0 Å². The van der Waals surface area contributed by atoms with Crippen LogP contribution in [0.15, 0.2) is 23.1 Å². The first kappa shape index (κ1) is 15.8. The van der Waals surface area contributed by atoms with Crippen LogP contribution in [0, 0.1) is 0 Å². The second kappa shape index (κ2) is 6.43. The Labute approximate surface area is 131 Å². The van der Waals surface area contributed by atoms with Crippen LogP contribution in [0.4, 0.5) is 0 Å². The third-order valence-electron chi connectivity index (χ3n) is 3.16. The Morgan fingerprint density at radius 1 is 1.60 bits per heavy atom. The Balaban J connectivity index is 2.42. The molecule has 0 radical (unpaired) electrons. The van der Waals surface area contributed by atoms with Gasteiger partial charge in [0.2, 0.25) is 0 Å². The monoisotopic (exact) mass is 335 g/mol. The van der Waals surface area contributed by atoms with E-state index in [4.69, 9.17) is 27.9 Å². The van der Waals surface area contributed by atoms with Gasteiger partial charge in [-0.2, -0.15) is 0 Å². The summed E-state index contributed by atoms with van der Waals surface area (Å²) in [5.74, 6) is -0.505. The maximum atomic E-state index is 11.6. The molecule has 1 heterocycles. The number of carbonyl (C=O) groups excluding carboxylic acids is 1. The van der Waals surface area contributed by atoms with E-state index >= 15 is 0 Å². The number of aliphatic hydroxyl groups is 1. The molecular weight excluding hydrogens is 323 g/mol. The van der Waals surface area contributed by atoms with Gasteiger partial charge in [-0.1, -0.05) is 11.6 Å². The van der Waals surface area contributed by atoms with Gasteiger partial charge in [-0.25, -0.2) is 0 Å². The summed E-state index contributed by atoms with van der Waals surface area (Å²) >= 11 is 12.6. The van der Waals surface area contributed by atoms with Crippen molar-refractivity contribution in [3.8, 4) is 5.75 Å². The molecule has 1 aliphatic rings. The molecule has 7 heteroatoms. The van der Waals surface area contributed by atoms with Crippen molar-refractivity contribution in [2.45, 2.75) is 28.6 Å². The van der Waals surface area contributed by atoms with E-state index in [1.165, 1.54) is 0 Å². The zero-order valence-electron chi connectivity index (χ0n) is 10.5. The number of aliphatic carboxylic acids is 1. The smallest absolute Gasteiger partial charge is 0.133 e. The predicted molar refractivity (Wildman–Crippen MR) is 76.5 cm³/mol. The van der Waals surface area contributed by atoms with Gasteiger partial charge in [-0.05, 0) is 31.0 Å². The van der Waals surface area contributed by atoms with Crippen LogP contribution in [0.1, 0.15) is 12.8 Å². The van der Waals surface area contributed by atoms with E-state index in [-0.39, 0.29) is 13.0 Å². The molecule has 0 aliphatic carbocycles. The standard InChI is InChI=1S/C13H14Cl2O4S/c14-5-1-4-13(12(17)18)11(16)7-19-9-3-2-8(15)6-10(9)20-13/h2-3,6,11,16H,1,4-5,7H2,(H,17,18)/p-1. The zero-order valence-corrected chi connectivity index (χ0v) is 12.8. The number of alkyl halides is 1. The summed E-state index contributed by atoms with van der Waals surface area (Å²) in [6, 6.07) is 4.93. The number of carboxylic acids is 1. The molecule has 0 fully saturated rings. The van der Waals surface area contributed by atoms with Crippen molar-refractivity contribution >= 4 is 40.9 Å². The number of benzene rings is 1. The Hall–Kier alpha value is -0.620. The molecule has 2 rings (SSSR count). The van der Waals surface area contributed by atoms with Crippen molar-refractivity contribution in [1.82, 2.24) is 0 Å². The first-order valence-corrected chi connectivity index (χ1v) is 7.79. The maximum absolute atomic E-state index is 11.6. The van der Waals surface area contributed by atoms with Crippen molar-refractivity contribution in [2.75, 3.05) is 12.5 Å². The number of fused-ring (bicyclic) bond motifs is 1. The highest BCUT2D eigenvalue weighted by Crippen LogP contribution is 2.46. The lowest BCUT2D eigenvalue weighted by molar-refractivity contribution is -0.311. The molecule has 0 saturated carbocycles. The van der Waals surface area contributed by atoms with Crippen LogP contribution in [-0.4, -0.2) is 34.4 Å². The van der Waals surface area contributed by atoms with Crippen molar-refractivity contribution in [2.24, 2.45) is 0 Å². The fourth-order valence-corrected chi connectivity index (χ4v) is 3.79. The fourth-order valence-electron chi connectivity index (χ4n) is 2.08. The number of hydrogen-bond donors (Lipinski definition) is 1. The highest BCUT2D eigenvalue weighted by molar-refractivity contribution is 8.01. The molecule has 1 aromatic carbocycles. The lowest BCUT2D eigenvalue weighted by Crippen LogP contribution is -2.55. The molecule has 0 saturated heterocycles. The number of aliphatic hydroxyl groups excluding tert-OH is 1. The minimum Gasteiger partial charge on any atom is -0.549 e. The largest absolute Gasteiger partial charge is 0.549 e. The highest BCUT2D eigenvalue weighted by atomic mass is 35.5. The molecule has 0 amide bonds. The molecule has 110 valence electrons. The number of carboxylic acid groups (broad SMARTS) is 1. The van der Waals surface area contributed by atoms with Gasteiger partial charge < -0.3 is 19.7 Å². The van der Waals surface area contributed by atoms with Crippen molar-refractivity contribution in [3.05, 3.63) is 23.2 Å². The second-order valence-corrected chi connectivity index (χ2v) is 6.68. The lowest BCUT2D eigenvalue weighted by atomic mass is 9.96. The number of rotatable bonds is 4. The van der Waals surface area contributed by atoms with E-state index in [1.54, 1.807) is 18.2 Å². The molecule has 0 spiro atoms. The van der Waals surface area contributed by atoms with Gasteiger partial charge in [-0.15, -0.1) is 23.4 Å². The van der Waals surface area contributed by atoms with Gasteiger partial charge in [0.1, 0.15) is 18.5 Å². The van der Waals surface area contributed by atoms with Crippen molar-refractivity contribution in [3.63, 3.8) is 0 Å². The van der Waals surface area contributed by atoms with Crippen LogP contribution in [-0.2, 0) is 4.79 Å². The maximum Gasteiger partial charge on any atom is 0.133 e. The topological polar surface area (TPSA) is 69.6 Å². The van der Waals surface area contributed by atoms with Gasteiger partial charge >= 0.3 is 0 Å². The Morgan fingerprint density at radius 3 is 3.00 bits per heavy atom. The van der Waals surface area contributed by atoms with Crippen molar-refractivity contribution < 1.29 is 19.7 Å². The lowest BCUT2D eigenvalue weighted by Gasteiger charge is -2.36. The van der Waals surface area contributed by atoms with Crippen LogP contribution in [0.3, 0.4) is 0 Å². The molecule has 1 N–H and O–H groups in total. The van der Waals surface area contributed by atoms with Gasteiger partial charge in [0.05, 0.1) is 15.6 Å². The quantitative estimate of drug-likeness (QED) is 0.848.